The molecular weight excluding hydrogens is 316 g/mol. The second-order valence-corrected chi connectivity index (χ2v) is 8.88. The minimum atomic E-state index is -0.331. The zero-order valence-corrected chi connectivity index (χ0v) is 16.7. The molecule has 0 aliphatic carbocycles. The Bertz CT molecular complexity index is 386. The Kier molecular flexibility index (Phi) is 8.91. The van der Waals surface area contributed by atoms with E-state index < -0.39 is 0 Å². The highest BCUT2D eigenvalue weighted by molar-refractivity contribution is 8.69. The maximum absolute atomic E-state index is 12.1. The highest BCUT2D eigenvalue weighted by Gasteiger charge is 2.33. The molecule has 0 radical (unpaired) electrons. The summed E-state index contributed by atoms with van der Waals surface area (Å²) in [5.41, 5.74) is -0.388. The normalized spacial score (nSPS) is 16.0. The van der Waals surface area contributed by atoms with E-state index in [1.807, 2.05) is 34.6 Å². The molecule has 0 aliphatic rings. The van der Waals surface area contributed by atoms with Crippen molar-refractivity contribution in [2.24, 2.45) is 11.3 Å². The average Bonchev–Trinajstić information content (AvgIpc) is 2.42. The summed E-state index contributed by atoms with van der Waals surface area (Å²) in [7, 11) is 1.24. The molecule has 0 aromatic heterocycles. The fourth-order valence-electron chi connectivity index (χ4n) is 2.41. The van der Waals surface area contributed by atoms with Gasteiger partial charge < -0.3 is 10.6 Å². The van der Waals surface area contributed by atoms with Crippen LogP contribution in [0.4, 0.5) is 0 Å². The zero-order chi connectivity index (χ0) is 17.6. The fourth-order valence-corrected chi connectivity index (χ4v) is 2.85. The maximum Gasteiger partial charge on any atom is 0.234 e. The van der Waals surface area contributed by atoms with E-state index in [-0.39, 0.29) is 33.9 Å². The Morgan fingerprint density at radius 3 is 2.09 bits per heavy atom. The van der Waals surface area contributed by atoms with Crippen LogP contribution in [0.1, 0.15) is 61.3 Å². The van der Waals surface area contributed by atoms with Crippen LogP contribution in [-0.2, 0) is 9.59 Å². The zero-order valence-electron chi connectivity index (χ0n) is 14.9. The van der Waals surface area contributed by atoms with Gasteiger partial charge in [0.1, 0.15) is 0 Å². The molecule has 0 rings (SSSR count). The van der Waals surface area contributed by atoms with E-state index in [1.165, 1.54) is 10.8 Å². The van der Waals surface area contributed by atoms with Gasteiger partial charge in [0.05, 0.1) is 5.25 Å². The molecule has 22 heavy (non-hydrogen) atoms. The van der Waals surface area contributed by atoms with Crippen molar-refractivity contribution in [3.8, 4) is 0 Å². The second-order valence-electron chi connectivity index (χ2n) is 7.33. The van der Waals surface area contributed by atoms with Crippen molar-refractivity contribution < 1.29 is 9.59 Å². The molecule has 0 saturated carbocycles. The molecule has 2 N–H and O–H groups in total. The lowest BCUT2D eigenvalue weighted by molar-refractivity contribution is -0.125. The van der Waals surface area contributed by atoms with Crippen molar-refractivity contribution in [1.29, 1.82) is 0 Å². The highest BCUT2D eigenvalue weighted by Crippen LogP contribution is 2.31. The van der Waals surface area contributed by atoms with Crippen molar-refractivity contribution in [2.45, 2.75) is 72.1 Å². The first-order valence-corrected chi connectivity index (χ1v) is 9.79. The van der Waals surface area contributed by atoms with Crippen LogP contribution in [0.5, 0.6) is 0 Å². The molecule has 6 heteroatoms. The molecule has 4 nitrogen and oxygen atoms in total. The van der Waals surface area contributed by atoms with E-state index in [2.05, 4.69) is 36.1 Å². The monoisotopic (exact) mass is 348 g/mol. The number of hydrogen-bond acceptors (Lipinski definition) is 4. The lowest BCUT2D eigenvalue weighted by Gasteiger charge is -2.38. The first kappa shape index (κ1) is 21.6. The number of amides is 2. The Labute approximate surface area is 144 Å². The van der Waals surface area contributed by atoms with E-state index in [1.54, 1.807) is 0 Å². The summed E-state index contributed by atoms with van der Waals surface area (Å²) in [6.07, 6.45) is 1.73. The quantitative estimate of drug-likeness (QED) is 0.442. The second kappa shape index (κ2) is 9.06. The Morgan fingerprint density at radius 1 is 1.14 bits per heavy atom. The summed E-state index contributed by atoms with van der Waals surface area (Å²) in [6, 6.07) is 0. The molecule has 2 atom stereocenters. The van der Waals surface area contributed by atoms with Gasteiger partial charge in [-0.25, -0.2) is 0 Å². The first-order chi connectivity index (χ1) is 9.96. The molecule has 0 heterocycles. The van der Waals surface area contributed by atoms with Gasteiger partial charge in [-0.05, 0) is 39.0 Å². The van der Waals surface area contributed by atoms with Gasteiger partial charge in [-0.15, -0.1) is 11.7 Å². The summed E-state index contributed by atoms with van der Waals surface area (Å²) in [5, 5.41) is 5.92. The lowest BCUT2D eigenvalue weighted by atomic mass is 9.76. The molecule has 0 fully saturated rings. The summed E-state index contributed by atoms with van der Waals surface area (Å²) in [4.78, 5) is 23.9. The number of hydrogen-bond donors (Lipinski definition) is 3. The van der Waals surface area contributed by atoms with Gasteiger partial charge in [0, 0.05) is 18.0 Å². The molecule has 0 spiro atoms. The lowest BCUT2D eigenvalue weighted by Crippen LogP contribution is -2.51. The van der Waals surface area contributed by atoms with Crippen LogP contribution < -0.4 is 10.6 Å². The molecule has 2 amide bonds. The largest absolute Gasteiger partial charge is 0.355 e. The first-order valence-electron chi connectivity index (χ1n) is 7.86. The van der Waals surface area contributed by atoms with Crippen LogP contribution in [0.25, 0.3) is 0 Å². The topological polar surface area (TPSA) is 58.2 Å². The van der Waals surface area contributed by atoms with Crippen LogP contribution in [-0.4, -0.2) is 29.1 Å². The molecular formula is C16H32N2O2S2. The predicted molar refractivity (Wildman–Crippen MR) is 99.1 cm³/mol. The molecule has 0 bridgehead atoms. The van der Waals surface area contributed by atoms with Gasteiger partial charge in [0.15, 0.2) is 0 Å². The van der Waals surface area contributed by atoms with Gasteiger partial charge in [-0.1, -0.05) is 38.5 Å². The van der Waals surface area contributed by atoms with Crippen molar-refractivity contribution in [3.05, 3.63) is 0 Å². The van der Waals surface area contributed by atoms with Gasteiger partial charge in [0.25, 0.3) is 0 Å². The van der Waals surface area contributed by atoms with Crippen molar-refractivity contribution in [2.75, 3.05) is 6.54 Å². The molecule has 2 unspecified atom stereocenters. The molecule has 0 aromatic rings. The highest BCUT2D eigenvalue weighted by atomic mass is 33.1. The van der Waals surface area contributed by atoms with E-state index >= 15 is 0 Å². The minimum absolute atomic E-state index is 0.00494. The molecule has 0 aliphatic heterocycles. The standard InChI is InChI=1S/C16H32N2O2S2/c1-8-16(7,10-17-13(19)11(2)3)9-15(5,6)18-14(20)12(4)22-21/h11-12,21H,8-10H2,1-7H3,(H,17,19)(H,18,20). The summed E-state index contributed by atoms with van der Waals surface area (Å²) in [5.74, 6) is 0.0540. The van der Waals surface area contributed by atoms with Gasteiger partial charge in [0.2, 0.25) is 11.8 Å². The van der Waals surface area contributed by atoms with E-state index in [4.69, 9.17) is 0 Å². The fraction of sp³-hybridized carbons (Fsp3) is 0.875. The van der Waals surface area contributed by atoms with Crippen LogP contribution in [0.2, 0.25) is 0 Å². The number of thiol groups is 1. The van der Waals surface area contributed by atoms with Gasteiger partial charge >= 0.3 is 0 Å². The number of nitrogens with one attached hydrogen (secondary N) is 2. The van der Waals surface area contributed by atoms with Gasteiger partial charge in [-0.3, -0.25) is 9.59 Å². The Hall–Kier alpha value is -0.360. The van der Waals surface area contributed by atoms with Crippen molar-refractivity contribution >= 4 is 34.3 Å². The average molecular weight is 349 g/mol. The van der Waals surface area contributed by atoms with Crippen LogP contribution >= 0.6 is 22.5 Å². The smallest absolute Gasteiger partial charge is 0.234 e. The molecule has 130 valence electrons. The third-order valence-corrected chi connectivity index (χ3v) is 5.40. The summed E-state index contributed by atoms with van der Waals surface area (Å²) in [6.45, 7) is 14.6. The Balaban J connectivity index is 4.74. The number of carbonyl (C=O) groups excluding carboxylic acids is 2. The SMILES string of the molecule is CCC(C)(CNC(=O)C(C)C)CC(C)(C)NC(=O)C(C)SS. The van der Waals surface area contributed by atoms with E-state index in [0.29, 0.717) is 6.54 Å². The maximum atomic E-state index is 12.1. The third kappa shape index (κ3) is 7.77. The van der Waals surface area contributed by atoms with Crippen molar-refractivity contribution in [1.82, 2.24) is 10.6 Å². The number of rotatable bonds is 9. The van der Waals surface area contributed by atoms with E-state index in [9.17, 15) is 9.59 Å². The number of carbonyl (C=O) groups is 2. The van der Waals surface area contributed by atoms with Crippen LogP contribution in [0, 0.1) is 11.3 Å². The summed E-state index contributed by atoms with van der Waals surface area (Å²) < 4.78 is 0. The minimum Gasteiger partial charge on any atom is -0.355 e. The molecule has 0 aromatic carbocycles. The summed E-state index contributed by atoms with van der Waals surface area (Å²) >= 11 is 4.09. The van der Waals surface area contributed by atoms with Crippen LogP contribution in [0.15, 0.2) is 0 Å². The third-order valence-electron chi connectivity index (χ3n) is 3.92. The van der Waals surface area contributed by atoms with Gasteiger partial charge in [-0.2, -0.15) is 0 Å². The Morgan fingerprint density at radius 2 is 1.68 bits per heavy atom. The van der Waals surface area contributed by atoms with Crippen LogP contribution in [0.3, 0.4) is 0 Å². The van der Waals surface area contributed by atoms with E-state index in [0.717, 1.165) is 12.8 Å². The molecule has 0 saturated heterocycles. The predicted octanol–water partition coefficient (Wildman–Crippen LogP) is 3.43. The van der Waals surface area contributed by atoms with Crippen molar-refractivity contribution in [3.63, 3.8) is 0 Å².